The van der Waals surface area contributed by atoms with Gasteiger partial charge in [0, 0.05) is 5.69 Å². The summed E-state index contributed by atoms with van der Waals surface area (Å²) in [6, 6.07) is 5.50. The molecule has 0 radical (unpaired) electrons. The van der Waals surface area contributed by atoms with E-state index in [0.29, 0.717) is 11.4 Å². The standard InChI is InChI=1S/C15H17FN4O3/c1-9-4-5-12(16)7-13(9)17-15(21)10(2)8-19-11(3)6-14(18-19)20(22)23/h4-7,10H,8H2,1-3H3,(H,17,21)/t10-/m0/s1. The number of hydrogen-bond donors (Lipinski definition) is 1. The quantitative estimate of drug-likeness (QED) is 0.677. The van der Waals surface area contributed by atoms with Crippen LogP contribution in [0, 0.1) is 35.7 Å². The van der Waals surface area contributed by atoms with Crippen molar-refractivity contribution in [2.45, 2.75) is 27.3 Å². The van der Waals surface area contributed by atoms with Crippen molar-refractivity contribution in [3.05, 3.63) is 51.5 Å². The third kappa shape index (κ3) is 3.91. The predicted octanol–water partition coefficient (Wildman–Crippen LogP) is 2.82. The Morgan fingerprint density at radius 1 is 1.43 bits per heavy atom. The summed E-state index contributed by atoms with van der Waals surface area (Å²) in [7, 11) is 0. The van der Waals surface area contributed by atoms with Gasteiger partial charge in [-0.25, -0.2) is 4.39 Å². The predicted molar refractivity (Wildman–Crippen MR) is 82.5 cm³/mol. The Morgan fingerprint density at radius 2 is 2.13 bits per heavy atom. The molecule has 8 heteroatoms. The molecule has 1 atom stereocenters. The highest BCUT2D eigenvalue weighted by Gasteiger charge is 2.21. The van der Waals surface area contributed by atoms with E-state index in [9.17, 15) is 19.3 Å². The van der Waals surface area contributed by atoms with Crippen LogP contribution in [0.25, 0.3) is 0 Å². The van der Waals surface area contributed by atoms with Crippen LogP contribution in [0.5, 0.6) is 0 Å². The minimum atomic E-state index is -0.579. The van der Waals surface area contributed by atoms with Gasteiger partial charge in [0.25, 0.3) is 0 Å². The van der Waals surface area contributed by atoms with Crippen LogP contribution in [0.3, 0.4) is 0 Å². The number of halogens is 1. The van der Waals surface area contributed by atoms with Crippen LogP contribution in [-0.2, 0) is 11.3 Å². The Balaban J connectivity index is 2.08. The van der Waals surface area contributed by atoms with E-state index in [4.69, 9.17) is 0 Å². The lowest BCUT2D eigenvalue weighted by molar-refractivity contribution is -0.389. The molecule has 2 rings (SSSR count). The second-order valence-corrected chi connectivity index (χ2v) is 5.43. The normalized spacial score (nSPS) is 12.0. The second kappa shape index (κ2) is 6.55. The third-order valence-electron chi connectivity index (χ3n) is 3.51. The third-order valence-corrected chi connectivity index (χ3v) is 3.51. The van der Waals surface area contributed by atoms with Gasteiger partial charge >= 0.3 is 5.82 Å². The van der Waals surface area contributed by atoms with Gasteiger partial charge in [-0.2, -0.15) is 4.68 Å². The SMILES string of the molecule is Cc1ccc(F)cc1NC(=O)[C@@H](C)Cn1nc([N+](=O)[O-])cc1C. The molecule has 7 nitrogen and oxygen atoms in total. The molecule has 0 saturated carbocycles. The number of amides is 1. The van der Waals surface area contributed by atoms with Gasteiger partial charge in [0.05, 0.1) is 29.3 Å². The number of nitrogens with one attached hydrogen (secondary N) is 1. The number of nitro groups is 1. The molecule has 0 aliphatic carbocycles. The molecular formula is C15H17FN4O3. The van der Waals surface area contributed by atoms with Crippen LogP contribution >= 0.6 is 0 Å². The number of carbonyl (C=O) groups excluding carboxylic acids is 1. The first-order chi connectivity index (χ1) is 10.8. The number of benzene rings is 1. The summed E-state index contributed by atoms with van der Waals surface area (Å²) in [6.45, 7) is 5.32. The number of aromatic nitrogens is 2. The van der Waals surface area contributed by atoms with Crippen molar-refractivity contribution >= 4 is 17.4 Å². The van der Waals surface area contributed by atoms with E-state index in [2.05, 4.69) is 10.4 Å². The molecule has 1 N–H and O–H groups in total. The van der Waals surface area contributed by atoms with Crippen LogP contribution in [0.15, 0.2) is 24.3 Å². The van der Waals surface area contributed by atoms with Crippen molar-refractivity contribution in [2.75, 3.05) is 5.32 Å². The summed E-state index contributed by atoms with van der Waals surface area (Å²) in [4.78, 5) is 22.4. The van der Waals surface area contributed by atoms with E-state index in [1.807, 2.05) is 0 Å². The van der Waals surface area contributed by atoms with Gasteiger partial charge in [-0.1, -0.05) is 13.0 Å². The van der Waals surface area contributed by atoms with Crippen molar-refractivity contribution in [1.29, 1.82) is 0 Å². The van der Waals surface area contributed by atoms with Crippen LogP contribution in [0.4, 0.5) is 15.9 Å². The van der Waals surface area contributed by atoms with Gasteiger partial charge in [-0.05, 0) is 36.5 Å². The first-order valence-corrected chi connectivity index (χ1v) is 7.03. The highest BCUT2D eigenvalue weighted by atomic mass is 19.1. The lowest BCUT2D eigenvalue weighted by atomic mass is 10.1. The maximum absolute atomic E-state index is 13.2. The minimum Gasteiger partial charge on any atom is -0.358 e. The molecule has 0 unspecified atom stereocenters. The van der Waals surface area contributed by atoms with E-state index < -0.39 is 16.7 Å². The maximum atomic E-state index is 13.2. The Bertz CT molecular complexity index is 757. The highest BCUT2D eigenvalue weighted by Crippen LogP contribution is 2.18. The fourth-order valence-electron chi connectivity index (χ4n) is 2.09. The van der Waals surface area contributed by atoms with Crippen molar-refractivity contribution in [3.8, 4) is 0 Å². The molecule has 0 aliphatic rings. The van der Waals surface area contributed by atoms with Gasteiger partial charge < -0.3 is 15.4 Å². The topological polar surface area (TPSA) is 90.1 Å². The number of aryl methyl sites for hydroxylation is 2. The van der Waals surface area contributed by atoms with E-state index in [-0.39, 0.29) is 18.3 Å². The molecule has 2 aromatic rings. The molecule has 1 heterocycles. The number of anilines is 1. The maximum Gasteiger partial charge on any atom is 0.390 e. The summed E-state index contributed by atoms with van der Waals surface area (Å²) in [5, 5.41) is 17.2. The Labute approximate surface area is 132 Å². The molecule has 0 spiro atoms. The smallest absolute Gasteiger partial charge is 0.358 e. The van der Waals surface area contributed by atoms with Crippen LogP contribution < -0.4 is 5.32 Å². The summed E-state index contributed by atoms with van der Waals surface area (Å²) in [5.41, 5.74) is 1.75. The lowest BCUT2D eigenvalue weighted by Gasteiger charge is -2.13. The van der Waals surface area contributed by atoms with E-state index >= 15 is 0 Å². The van der Waals surface area contributed by atoms with Gasteiger partial charge in [0.1, 0.15) is 5.82 Å². The van der Waals surface area contributed by atoms with Crippen LogP contribution in [-0.4, -0.2) is 20.6 Å². The highest BCUT2D eigenvalue weighted by molar-refractivity contribution is 5.92. The molecule has 1 aromatic heterocycles. The second-order valence-electron chi connectivity index (χ2n) is 5.43. The summed E-state index contributed by atoms with van der Waals surface area (Å²) in [6.07, 6.45) is 0. The van der Waals surface area contributed by atoms with Crippen molar-refractivity contribution in [2.24, 2.45) is 5.92 Å². The van der Waals surface area contributed by atoms with Crippen LogP contribution in [0.1, 0.15) is 18.2 Å². The number of rotatable bonds is 5. The van der Waals surface area contributed by atoms with Crippen molar-refractivity contribution in [1.82, 2.24) is 9.78 Å². The monoisotopic (exact) mass is 320 g/mol. The molecule has 122 valence electrons. The average Bonchev–Trinajstić information content (AvgIpc) is 2.84. The molecule has 23 heavy (non-hydrogen) atoms. The molecule has 0 bridgehead atoms. The minimum absolute atomic E-state index is 0.194. The van der Waals surface area contributed by atoms with E-state index in [1.54, 1.807) is 26.8 Å². The Morgan fingerprint density at radius 3 is 2.74 bits per heavy atom. The Kier molecular flexibility index (Phi) is 4.73. The van der Waals surface area contributed by atoms with Crippen molar-refractivity contribution < 1.29 is 14.1 Å². The van der Waals surface area contributed by atoms with E-state index in [0.717, 1.165) is 5.56 Å². The van der Waals surface area contributed by atoms with Crippen molar-refractivity contribution in [3.63, 3.8) is 0 Å². The molecular weight excluding hydrogens is 303 g/mol. The zero-order valence-electron chi connectivity index (χ0n) is 13.0. The molecule has 0 aliphatic heterocycles. The number of carbonyl (C=O) groups is 1. The Hall–Kier alpha value is -2.77. The molecule has 0 saturated heterocycles. The van der Waals surface area contributed by atoms with Crippen LogP contribution in [0.2, 0.25) is 0 Å². The zero-order valence-corrected chi connectivity index (χ0v) is 13.0. The largest absolute Gasteiger partial charge is 0.390 e. The zero-order chi connectivity index (χ0) is 17.1. The fraction of sp³-hybridized carbons (Fsp3) is 0.333. The molecule has 1 amide bonds. The summed E-state index contributed by atoms with van der Waals surface area (Å²) in [5.74, 6) is -1.49. The lowest BCUT2D eigenvalue weighted by Crippen LogP contribution is -2.25. The van der Waals surface area contributed by atoms with Gasteiger partial charge in [-0.3, -0.25) is 4.79 Å². The fourth-order valence-corrected chi connectivity index (χ4v) is 2.09. The van der Waals surface area contributed by atoms with Gasteiger partial charge in [0.2, 0.25) is 5.91 Å². The van der Waals surface area contributed by atoms with Gasteiger partial charge in [0.15, 0.2) is 0 Å². The number of nitrogens with zero attached hydrogens (tertiary/aromatic N) is 3. The number of hydrogen-bond acceptors (Lipinski definition) is 4. The molecule has 0 fully saturated rings. The summed E-state index contributed by atoms with van der Waals surface area (Å²) < 4.78 is 14.7. The first-order valence-electron chi connectivity index (χ1n) is 7.03. The van der Waals surface area contributed by atoms with E-state index in [1.165, 1.54) is 22.9 Å². The van der Waals surface area contributed by atoms with Gasteiger partial charge in [-0.15, -0.1) is 0 Å². The first kappa shape index (κ1) is 16.6. The molecule has 1 aromatic carbocycles. The summed E-state index contributed by atoms with van der Waals surface area (Å²) >= 11 is 0. The average molecular weight is 320 g/mol.